The summed E-state index contributed by atoms with van der Waals surface area (Å²) in [6.45, 7) is 3.49. The largest absolute Gasteiger partial charge is 0.393 e. The Kier molecular flexibility index (Phi) is 4.53. The van der Waals surface area contributed by atoms with Gasteiger partial charge in [-0.25, -0.2) is 14.4 Å². The predicted molar refractivity (Wildman–Crippen MR) is 95.5 cm³/mol. The molecule has 1 N–H and O–H groups in total. The summed E-state index contributed by atoms with van der Waals surface area (Å²) in [5, 5.41) is 9.66. The van der Waals surface area contributed by atoms with Crippen LogP contribution in [0.5, 0.6) is 0 Å². The molecule has 0 amide bonds. The topological polar surface area (TPSA) is 52.5 Å². The van der Waals surface area contributed by atoms with E-state index >= 15 is 0 Å². The van der Waals surface area contributed by atoms with Crippen LogP contribution < -0.4 is 9.80 Å². The van der Waals surface area contributed by atoms with Crippen molar-refractivity contribution in [2.24, 2.45) is 0 Å². The molecule has 5 nitrogen and oxygen atoms in total. The number of rotatable bonds is 3. The maximum Gasteiger partial charge on any atom is 0.134 e. The minimum Gasteiger partial charge on any atom is -0.393 e. The average Bonchev–Trinajstić information content (AvgIpc) is 3.13. The number of piperidine rings is 1. The SMILES string of the molecule is OC1CCN(c2cc(N3CC[C@H](c4ccc(F)cc4)C3)ncn2)CC1. The molecular formula is C19H23FN4O. The number of benzene rings is 1. The third-order valence-electron chi connectivity index (χ3n) is 5.28. The summed E-state index contributed by atoms with van der Waals surface area (Å²) in [6, 6.07) is 8.88. The summed E-state index contributed by atoms with van der Waals surface area (Å²) < 4.78 is 13.1. The van der Waals surface area contributed by atoms with Crippen molar-refractivity contribution in [1.29, 1.82) is 0 Å². The fourth-order valence-electron chi connectivity index (χ4n) is 3.75. The first-order valence-electron chi connectivity index (χ1n) is 8.94. The molecule has 0 unspecified atom stereocenters. The van der Waals surface area contributed by atoms with Crippen molar-refractivity contribution in [2.45, 2.75) is 31.3 Å². The van der Waals surface area contributed by atoms with Crippen LogP contribution in [-0.2, 0) is 0 Å². The second-order valence-corrected chi connectivity index (χ2v) is 6.94. The molecular weight excluding hydrogens is 319 g/mol. The molecule has 0 saturated carbocycles. The summed E-state index contributed by atoms with van der Waals surface area (Å²) in [4.78, 5) is 13.4. The Morgan fingerprint density at radius 2 is 1.56 bits per heavy atom. The van der Waals surface area contributed by atoms with Crippen LogP contribution in [0.1, 0.15) is 30.7 Å². The van der Waals surface area contributed by atoms with Gasteiger partial charge in [-0.05, 0) is 37.0 Å². The second-order valence-electron chi connectivity index (χ2n) is 6.94. The van der Waals surface area contributed by atoms with Gasteiger partial charge in [0.2, 0.25) is 0 Å². The first-order valence-corrected chi connectivity index (χ1v) is 8.94. The molecule has 0 spiro atoms. The molecule has 6 heteroatoms. The van der Waals surface area contributed by atoms with Crippen LogP contribution in [0.2, 0.25) is 0 Å². The Hall–Kier alpha value is -2.21. The first kappa shape index (κ1) is 16.3. The van der Waals surface area contributed by atoms with Crippen molar-refractivity contribution < 1.29 is 9.50 Å². The van der Waals surface area contributed by atoms with Crippen LogP contribution in [0.15, 0.2) is 36.7 Å². The van der Waals surface area contributed by atoms with Crippen molar-refractivity contribution in [2.75, 3.05) is 36.0 Å². The lowest BCUT2D eigenvalue weighted by Crippen LogP contribution is -2.36. The first-order chi connectivity index (χ1) is 12.2. The highest BCUT2D eigenvalue weighted by atomic mass is 19.1. The fourth-order valence-corrected chi connectivity index (χ4v) is 3.75. The molecule has 1 atom stereocenters. The van der Waals surface area contributed by atoms with E-state index < -0.39 is 0 Å². The van der Waals surface area contributed by atoms with E-state index in [9.17, 15) is 9.50 Å². The van der Waals surface area contributed by atoms with Gasteiger partial charge in [0, 0.05) is 38.2 Å². The number of aliphatic hydroxyl groups excluding tert-OH is 1. The summed E-state index contributed by atoms with van der Waals surface area (Å²) >= 11 is 0. The highest BCUT2D eigenvalue weighted by Gasteiger charge is 2.26. The quantitative estimate of drug-likeness (QED) is 0.929. The van der Waals surface area contributed by atoms with Crippen molar-refractivity contribution in [1.82, 2.24) is 9.97 Å². The number of aromatic nitrogens is 2. The zero-order valence-electron chi connectivity index (χ0n) is 14.2. The molecule has 1 aromatic heterocycles. The molecule has 2 aliphatic rings. The Balaban J connectivity index is 1.45. The monoisotopic (exact) mass is 342 g/mol. The van der Waals surface area contributed by atoms with Gasteiger partial charge in [-0.15, -0.1) is 0 Å². The molecule has 2 aromatic rings. The molecule has 4 rings (SSSR count). The fraction of sp³-hybridized carbons (Fsp3) is 0.474. The Labute approximate surface area is 147 Å². The third-order valence-corrected chi connectivity index (χ3v) is 5.28. The maximum absolute atomic E-state index is 13.1. The van der Waals surface area contributed by atoms with Gasteiger partial charge in [-0.1, -0.05) is 12.1 Å². The highest BCUT2D eigenvalue weighted by Crippen LogP contribution is 2.31. The van der Waals surface area contributed by atoms with Crippen LogP contribution >= 0.6 is 0 Å². The molecule has 1 aromatic carbocycles. The van der Waals surface area contributed by atoms with Crippen molar-refractivity contribution in [3.05, 3.63) is 48.0 Å². The molecule has 132 valence electrons. The van der Waals surface area contributed by atoms with Crippen LogP contribution in [0, 0.1) is 5.82 Å². The average molecular weight is 342 g/mol. The van der Waals surface area contributed by atoms with Crippen LogP contribution in [0.25, 0.3) is 0 Å². The zero-order valence-corrected chi connectivity index (χ0v) is 14.2. The van der Waals surface area contributed by atoms with E-state index in [-0.39, 0.29) is 11.9 Å². The standard InChI is InChI=1S/C19H23FN4O/c20-16-3-1-14(2-4-16)15-5-8-24(12-15)19-11-18(21-13-22-19)23-9-6-17(25)7-10-23/h1-4,11,13,15,17,25H,5-10,12H2/t15-/m0/s1. The van der Waals surface area contributed by atoms with E-state index in [2.05, 4.69) is 19.8 Å². The Morgan fingerprint density at radius 1 is 0.920 bits per heavy atom. The summed E-state index contributed by atoms with van der Waals surface area (Å²) in [5.41, 5.74) is 1.18. The molecule has 2 fully saturated rings. The van der Waals surface area contributed by atoms with E-state index in [1.165, 1.54) is 17.7 Å². The molecule has 25 heavy (non-hydrogen) atoms. The molecule has 3 heterocycles. The predicted octanol–water partition coefficient (Wildman–Crippen LogP) is 2.57. The van der Waals surface area contributed by atoms with Crippen molar-refractivity contribution in [3.63, 3.8) is 0 Å². The number of anilines is 2. The van der Waals surface area contributed by atoms with E-state index in [1.807, 2.05) is 18.2 Å². The Morgan fingerprint density at radius 3 is 2.28 bits per heavy atom. The summed E-state index contributed by atoms with van der Waals surface area (Å²) in [6.07, 6.45) is 4.06. The number of aliphatic hydroxyl groups is 1. The van der Waals surface area contributed by atoms with Gasteiger partial charge in [0.1, 0.15) is 23.8 Å². The number of hydrogen-bond acceptors (Lipinski definition) is 5. The molecule has 0 bridgehead atoms. The van der Waals surface area contributed by atoms with Gasteiger partial charge in [-0.3, -0.25) is 0 Å². The van der Waals surface area contributed by atoms with Crippen LogP contribution in [-0.4, -0.2) is 47.4 Å². The zero-order chi connectivity index (χ0) is 17.2. The lowest BCUT2D eigenvalue weighted by atomic mass is 9.99. The lowest BCUT2D eigenvalue weighted by Gasteiger charge is -2.31. The number of halogens is 1. The Bertz CT molecular complexity index is 716. The number of hydrogen-bond donors (Lipinski definition) is 1. The molecule has 0 radical (unpaired) electrons. The second kappa shape index (κ2) is 6.96. The van der Waals surface area contributed by atoms with Crippen molar-refractivity contribution >= 4 is 11.6 Å². The van der Waals surface area contributed by atoms with Gasteiger partial charge >= 0.3 is 0 Å². The summed E-state index contributed by atoms with van der Waals surface area (Å²) in [7, 11) is 0. The van der Waals surface area contributed by atoms with Gasteiger partial charge in [-0.2, -0.15) is 0 Å². The smallest absolute Gasteiger partial charge is 0.134 e. The minimum absolute atomic E-state index is 0.187. The van der Waals surface area contributed by atoms with Crippen LogP contribution in [0.3, 0.4) is 0 Å². The van der Waals surface area contributed by atoms with E-state index in [4.69, 9.17) is 0 Å². The lowest BCUT2D eigenvalue weighted by molar-refractivity contribution is 0.145. The molecule has 2 saturated heterocycles. The van der Waals surface area contributed by atoms with Gasteiger partial charge in [0.15, 0.2) is 0 Å². The van der Waals surface area contributed by atoms with Gasteiger partial charge < -0.3 is 14.9 Å². The highest BCUT2D eigenvalue weighted by molar-refractivity contribution is 5.51. The maximum atomic E-state index is 13.1. The molecule has 2 aliphatic heterocycles. The van der Waals surface area contributed by atoms with Crippen LogP contribution in [0.4, 0.5) is 16.0 Å². The van der Waals surface area contributed by atoms with Crippen molar-refractivity contribution in [3.8, 4) is 0 Å². The van der Waals surface area contributed by atoms with E-state index in [0.29, 0.717) is 5.92 Å². The van der Waals surface area contributed by atoms with Gasteiger partial charge in [0.25, 0.3) is 0 Å². The normalized spacial score (nSPS) is 21.8. The van der Waals surface area contributed by atoms with Gasteiger partial charge in [0.05, 0.1) is 6.10 Å². The number of nitrogens with zero attached hydrogens (tertiary/aromatic N) is 4. The van der Waals surface area contributed by atoms with E-state index in [0.717, 1.165) is 57.1 Å². The molecule has 0 aliphatic carbocycles. The van der Waals surface area contributed by atoms with E-state index in [1.54, 1.807) is 6.33 Å². The summed E-state index contributed by atoms with van der Waals surface area (Å²) in [5.74, 6) is 2.10. The minimum atomic E-state index is -0.189. The third kappa shape index (κ3) is 3.58.